The maximum atomic E-state index is 13.2. The SMILES string of the molecule is COC(=O)c1ccc(-c2cc3ccccc3s2)cc1N.COC(=O)c1ccc(-c2cc3ccccc3s2)cc1NS(=O)(=O)c1cc(Cl)cc(C(F)(F)F)c1.COC(=O)c1ccc(Br)cc1N.Cc1cc(Cl)cc(S(=O)(=O)Cl)c1.Cc1cc(Cl)cc(S(=O)(=O)Nc2cc(-c3cc4ccccc4s3)ccc2C(=O)O)c1.OB(O)c1cc2ccccc2s1. The molecule has 0 unspecified atom stereocenters. The van der Waals surface area contributed by atoms with Crippen LogP contribution in [0, 0.1) is 13.8 Å². The number of rotatable bonds is 15. The van der Waals surface area contributed by atoms with Crippen LogP contribution in [0.1, 0.15) is 58.1 Å². The number of nitrogens with two attached hydrogens (primary N) is 2. The van der Waals surface area contributed by atoms with E-state index in [2.05, 4.69) is 48.3 Å². The number of aromatic carboxylic acids is 1. The number of hydrogen-bond donors (Lipinski definition) is 7. The lowest BCUT2D eigenvalue weighted by molar-refractivity contribution is -0.137. The standard InChI is InChI=1S/C23H15ClF3NO4S2.C22H16ClNO4S2.C16H13NO2S.C8H7BO2S.C8H8BrNO2.C7H6Cl2O2S/c1-32-22(29)18-7-6-14(21-9-13-4-2-3-5-20(13)33-21)8-19(18)28-34(30,31)17-11-15(23(25,26)27)10-16(24)12-17;1-13-8-16(23)12-17(9-13)30(27,28)24-19-10-15(6-7-18(19)22(25)26)21-11-14-4-2-3-5-20(14)29-21;1-19-16(18)12-7-6-11(8-13(12)17)15-9-10-4-2-3-5-14(10)20-15;10-9(11)8-5-6-3-1-2-4-7(6)12-8;1-12-8(11)6-3-2-5(9)4-7(6)10;1-5-2-6(8)4-7(3-5)12(9,10)11/h2-12,28H,1H3;2-12,24H,1H3,(H,25,26);2-9H,17H2,1H3;1-5,10-11H;2-4H,10H2,1H3;2-4H,1H3. The number of carboxylic acids is 1. The first kappa shape index (κ1) is 91.9. The van der Waals surface area contributed by atoms with Crippen molar-refractivity contribution in [1.29, 1.82) is 0 Å². The molecule has 4 aromatic heterocycles. The van der Waals surface area contributed by atoms with Crippen molar-refractivity contribution in [3.05, 3.63) is 307 Å². The summed E-state index contributed by atoms with van der Waals surface area (Å²) in [6.45, 7) is 3.48. The van der Waals surface area contributed by atoms with E-state index in [1.165, 1.54) is 89.4 Å². The van der Waals surface area contributed by atoms with Gasteiger partial charge < -0.3 is 40.8 Å². The molecule has 9 N–H and O–H groups in total. The third-order valence-corrected chi connectivity index (χ3v) is 26.8. The van der Waals surface area contributed by atoms with Crippen molar-refractivity contribution in [3.63, 3.8) is 0 Å². The fourth-order valence-electron chi connectivity index (χ4n) is 11.4. The van der Waals surface area contributed by atoms with E-state index in [0.717, 1.165) is 79.2 Å². The Bertz CT molecular complexity index is 6580. The van der Waals surface area contributed by atoms with Crippen molar-refractivity contribution in [1.82, 2.24) is 0 Å². The Balaban J connectivity index is 0.000000159. The van der Waals surface area contributed by atoms with Gasteiger partial charge in [-0.3, -0.25) is 9.44 Å². The summed E-state index contributed by atoms with van der Waals surface area (Å²) in [5.74, 6) is -2.87. The van der Waals surface area contributed by atoms with Crippen LogP contribution in [-0.4, -0.2) is 92.7 Å². The molecule has 0 saturated carbocycles. The van der Waals surface area contributed by atoms with Crippen LogP contribution in [0.5, 0.6) is 0 Å². The second-order valence-corrected chi connectivity index (χ2v) is 38.1. The summed E-state index contributed by atoms with van der Waals surface area (Å²) >= 11 is 26.7. The number of halogens is 8. The summed E-state index contributed by atoms with van der Waals surface area (Å²) in [6, 6.07) is 69.8. The maximum Gasteiger partial charge on any atom is 0.499 e. The number of anilines is 4. The average molecular weight is 1900 g/mol. The number of aryl methyl sites for hydroxylation is 2. The molecule has 15 rings (SSSR count). The molecule has 20 nitrogen and oxygen atoms in total. The van der Waals surface area contributed by atoms with Crippen molar-refractivity contribution >= 4 is 235 Å². The lowest BCUT2D eigenvalue weighted by Crippen LogP contribution is -2.26. The van der Waals surface area contributed by atoms with E-state index in [1.54, 1.807) is 97.2 Å². The highest BCUT2D eigenvalue weighted by molar-refractivity contribution is 9.10. The minimum atomic E-state index is -4.80. The topological polar surface area (TPSA) is 335 Å². The molecule has 0 aliphatic heterocycles. The molecular weight excluding hydrogens is 1830 g/mol. The van der Waals surface area contributed by atoms with Crippen LogP contribution < -0.4 is 25.7 Å². The molecule has 4 heterocycles. The van der Waals surface area contributed by atoms with Gasteiger partial charge in [0.1, 0.15) is 0 Å². The number of carbonyl (C=O) groups is 4. The van der Waals surface area contributed by atoms with Crippen molar-refractivity contribution in [2.45, 2.75) is 34.7 Å². The molecule has 0 aliphatic rings. The monoisotopic (exact) mass is 1900 g/mol. The van der Waals surface area contributed by atoms with Crippen LogP contribution in [0.4, 0.5) is 35.9 Å². The molecule has 0 fully saturated rings. The molecule has 0 amide bonds. The summed E-state index contributed by atoms with van der Waals surface area (Å²) in [6.07, 6.45) is -4.80. The van der Waals surface area contributed by atoms with Gasteiger partial charge in [-0.15, -0.1) is 45.3 Å². The normalized spacial score (nSPS) is 11.2. The third kappa shape index (κ3) is 24.0. The molecule has 36 heteroatoms. The molecule has 0 atom stereocenters. The van der Waals surface area contributed by atoms with E-state index in [4.69, 9.17) is 76.5 Å². The molecule has 120 heavy (non-hydrogen) atoms. The molecular formula is C84H65BBrCl4F3N4O16S7. The van der Waals surface area contributed by atoms with E-state index in [0.29, 0.717) is 55.6 Å². The number of thiophene rings is 4. The van der Waals surface area contributed by atoms with E-state index < -0.39 is 81.8 Å². The molecule has 0 spiro atoms. The first-order valence-electron chi connectivity index (χ1n) is 34.7. The molecule has 11 aromatic carbocycles. The number of nitrogens with one attached hydrogen (secondary N) is 2. The molecule has 0 radical (unpaired) electrons. The van der Waals surface area contributed by atoms with Crippen molar-refractivity contribution in [2.75, 3.05) is 42.2 Å². The van der Waals surface area contributed by atoms with Gasteiger partial charge in [0, 0.05) is 79.8 Å². The largest absolute Gasteiger partial charge is 0.499 e. The minimum absolute atomic E-state index is 0.00455. The number of ether oxygens (including phenoxy) is 3. The summed E-state index contributed by atoms with van der Waals surface area (Å²) in [4.78, 5) is 48.7. The maximum absolute atomic E-state index is 13.2. The molecule has 0 aliphatic carbocycles. The number of benzene rings is 11. The number of esters is 3. The van der Waals surface area contributed by atoms with Gasteiger partial charge in [-0.25, -0.2) is 44.4 Å². The van der Waals surface area contributed by atoms with Crippen LogP contribution >= 0.6 is 107 Å². The zero-order valence-electron chi connectivity index (χ0n) is 62.9. The summed E-state index contributed by atoms with van der Waals surface area (Å²) in [7, 11) is -4.66. The summed E-state index contributed by atoms with van der Waals surface area (Å²) in [5.41, 5.74) is 15.3. The van der Waals surface area contributed by atoms with E-state index in [9.17, 15) is 62.7 Å². The van der Waals surface area contributed by atoms with E-state index in [-0.39, 0.29) is 37.3 Å². The Morgan fingerprint density at radius 3 is 1.17 bits per heavy atom. The Kier molecular flexibility index (Phi) is 30.5. The number of nitrogen functional groups attached to an aromatic ring is 2. The van der Waals surface area contributed by atoms with E-state index in [1.807, 2.05) is 109 Å². The van der Waals surface area contributed by atoms with Crippen molar-refractivity contribution in [3.8, 4) is 31.3 Å². The lowest BCUT2D eigenvalue weighted by Gasteiger charge is -2.15. The molecule has 15 aromatic rings. The number of hydrogen-bond acceptors (Lipinski definition) is 21. The van der Waals surface area contributed by atoms with Gasteiger partial charge in [-0.2, -0.15) is 13.2 Å². The summed E-state index contributed by atoms with van der Waals surface area (Å²) < 4.78 is 137. The number of sulfonamides is 2. The van der Waals surface area contributed by atoms with Gasteiger partial charge in [0.25, 0.3) is 29.1 Å². The number of fused-ring (bicyclic) bond motifs is 4. The molecule has 0 bridgehead atoms. The zero-order chi connectivity index (χ0) is 87.3. The van der Waals surface area contributed by atoms with Crippen LogP contribution in [0.25, 0.3) is 71.7 Å². The van der Waals surface area contributed by atoms with Gasteiger partial charge in [0.2, 0.25) is 0 Å². The smallest absolute Gasteiger partial charge is 0.478 e. The van der Waals surface area contributed by atoms with E-state index >= 15 is 0 Å². The lowest BCUT2D eigenvalue weighted by atomic mass is 9.89. The number of methoxy groups -OCH3 is 3. The van der Waals surface area contributed by atoms with Gasteiger partial charge in [-0.05, 0) is 221 Å². The van der Waals surface area contributed by atoms with Crippen molar-refractivity contribution in [2.24, 2.45) is 0 Å². The second kappa shape index (κ2) is 39.9. The van der Waals surface area contributed by atoms with Gasteiger partial charge in [-0.1, -0.05) is 142 Å². The Morgan fingerprint density at radius 2 is 0.783 bits per heavy atom. The first-order chi connectivity index (χ1) is 56.7. The molecule has 618 valence electrons. The van der Waals surface area contributed by atoms with Gasteiger partial charge >= 0.3 is 37.2 Å². The Labute approximate surface area is 730 Å². The first-order valence-corrected chi connectivity index (χ1v) is 45.1. The minimum Gasteiger partial charge on any atom is -0.478 e. The Hall–Kier alpha value is -10.4. The average Bonchev–Trinajstić information content (AvgIpc) is 1.18. The second-order valence-electron chi connectivity index (χ2n) is 25.6. The van der Waals surface area contributed by atoms with Gasteiger partial charge in [0.05, 0.1) is 75.2 Å². The number of carbonyl (C=O) groups excluding carboxylic acids is 3. The van der Waals surface area contributed by atoms with Crippen molar-refractivity contribution < 1.29 is 87.0 Å². The number of alkyl halides is 3. The predicted molar refractivity (Wildman–Crippen MR) is 481 cm³/mol. The van der Waals surface area contributed by atoms with Crippen LogP contribution in [0.15, 0.2) is 268 Å². The third-order valence-electron chi connectivity index (χ3n) is 17.0. The van der Waals surface area contributed by atoms with Gasteiger partial charge in [0.15, 0.2) is 0 Å². The fraction of sp³-hybridized carbons (Fsp3) is 0.0714. The quantitative estimate of drug-likeness (QED) is 0.0165. The highest BCUT2D eigenvalue weighted by atomic mass is 79.9. The van der Waals surface area contributed by atoms with Crippen LogP contribution in [0.2, 0.25) is 15.1 Å². The predicted octanol–water partition coefficient (Wildman–Crippen LogP) is 21.8. The number of carboxylic acid groups (broad SMARTS) is 1. The fourth-order valence-corrected chi connectivity index (χ4v) is 20.1. The van der Waals surface area contributed by atoms with Crippen LogP contribution in [-0.2, 0) is 49.5 Å². The Morgan fingerprint density at radius 1 is 0.433 bits per heavy atom. The highest BCUT2D eigenvalue weighted by Gasteiger charge is 2.33. The zero-order valence-corrected chi connectivity index (χ0v) is 73.3. The highest BCUT2D eigenvalue weighted by Crippen LogP contribution is 2.41. The molecule has 0 saturated heterocycles. The summed E-state index contributed by atoms with van der Waals surface area (Å²) in [5, 5.41) is 31.9. The van der Waals surface area contributed by atoms with Crippen LogP contribution in [0.3, 0.4) is 0 Å².